The second-order valence-electron chi connectivity index (χ2n) is 3.25. The third-order valence-electron chi connectivity index (χ3n) is 2.13. The average molecular weight is 266 g/mol. The van der Waals surface area contributed by atoms with E-state index in [0.717, 1.165) is 0 Å². The van der Waals surface area contributed by atoms with Crippen LogP contribution >= 0.6 is 11.6 Å². The number of nitrogens with two attached hydrogens (primary N) is 1. The van der Waals surface area contributed by atoms with Crippen LogP contribution < -0.4 is 20.6 Å². The zero-order valence-electron chi connectivity index (χ0n) is 9.03. The minimum atomic E-state index is -0.439. The molecule has 0 radical (unpaired) electrons. The average Bonchev–Trinajstić information content (AvgIpc) is 2.80. The molecule has 1 aliphatic heterocycles. The fraction of sp³-hybridized carbons (Fsp3) is 0.100. The second kappa shape index (κ2) is 4.81. The van der Waals surface area contributed by atoms with Gasteiger partial charge in [-0.15, -0.1) is 0 Å². The molecule has 1 aromatic carbocycles. The van der Waals surface area contributed by atoms with Crippen LogP contribution in [0.3, 0.4) is 0 Å². The molecular weight excluding hydrogens is 258 g/mol. The summed E-state index contributed by atoms with van der Waals surface area (Å²) in [6.07, 6.45) is 0. The molecule has 1 aliphatic rings. The van der Waals surface area contributed by atoms with Gasteiger partial charge in [-0.2, -0.15) is 10.4 Å². The molecule has 4 N–H and O–H groups in total. The van der Waals surface area contributed by atoms with Gasteiger partial charge in [0.05, 0.1) is 5.02 Å². The summed E-state index contributed by atoms with van der Waals surface area (Å²) >= 11 is 5.98. The lowest BCUT2D eigenvalue weighted by molar-refractivity contribution is 0.174. The van der Waals surface area contributed by atoms with Gasteiger partial charge in [-0.05, 0) is 12.1 Å². The van der Waals surface area contributed by atoms with Gasteiger partial charge in [-0.3, -0.25) is 10.8 Å². The van der Waals surface area contributed by atoms with Crippen LogP contribution in [0.5, 0.6) is 11.5 Å². The van der Waals surface area contributed by atoms with Gasteiger partial charge in [0, 0.05) is 0 Å². The van der Waals surface area contributed by atoms with Crippen LogP contribution in [-0.2, 0) is 0 Å². The maximum atomic E-state index is 8.71. The van der Waals surface area contributed by atoms with E-state index in [2.05, 4.69) is 10.5 Å². The predicted octanol–water partition coefficient (Wildman–Crippen LogP) is 1.30. The van der Waals surface area contributed by atoms with Crippen molar-refractivity contribution in [2.24, 2.45) is 10.8 Å². The monoisotopic (exact) mass is 265 g/mol. The number of hydrogen-bond acceptors (Lipinski definition) is 6. The summed E-state index contributed by atoms with van der Waals surface area (Å²) in [5.74, 6) is 0.497. The Labute approximate surface area is 107 Å². The minimum Gasteiger partial charge on any atom is -0.454 e. The molecule has 0 spiro atoms. The number of amidine groups is 1. The van der Waals surface area contributed by atoms with Crippen molar-refractivity contribution < 1.29 is 9.47 Å². The number of nitriles is 1. The maximum Gasteiger partial charge on any atom is 0.231 e. The number of nitrogens with zero attached hydrogens (tertiary/aromatic N) is 2. The largest absolute Gasteiger partial charge is 0.454 e. The normalized spacial score (nSPS) is 13.0. The Bertz CT molecular complexity index is 578. The summed E-state index contributed by atoms with van der Waals surface area (Å²) in [5, 5.41) is 19.9. The lowest BCUT2D eigenvalue weighted by Crippen LogP contribution is -2.21. The van der Waals surface area contributed by atoms with Crippen molar-refractivity contribution in [2.45, 2.75) is 0 Å². The van der Waals surface area contributed by atoms with E-state index in [4.69, 9.17) is 37.5 Å². The van der Waals surface area contributed by atoms with E-state index in [1.54, 1.807) is 18.2 Å². The molecule has 0 aromatic heterocycles. The van der Waals surface area contributed by atoms with E-state index in [1.165, 1.54) is 0 Å². The third-order valence-corrected chi connectivity index (χ3v) is 2.44. The molecule has 2 rings (SSSR count). The number of ether oxygens (including phenoxy) is 2. The van der Waals surface area contributed by atoms with Gasteiger partial charge in [0.1, 0.15) is 11.8 Å². The zero-order valence-corrected chi connectivity index (χ0v) is 9.78. The van der Waals surface area contributed by atoms with Crippen molar-refractivity contribution in [3.05, 3.63) is 17.2 Å². The van der Waals surface area contributed by atoms with Gasteiger partial charge in [-0.25, -0.2) is 0 Å². The Morgan fingerprint density at radius 3 is 3.00 bits per heavy atom. The number of benzene rings is 1. The van der Waals surface area contributed by atoms with Gasteiger partial charge >= 0.3 is 0 Å². The van der Waals surface area contributed by atoms with E-state index in [1.807, 2.05) is 0 Å². The molecule has 92 valence electrons. The summed E-state index contributed by atoms with van der Waals surface area (Å²) < 4.78 is 10.4. The number of anilines is 1. The SMILES string of the molecule is N#C/C(=N\Nc1c(Cl)ccc2c1OCO2)C(=N)N. The van der Waals surface area contributed by atoms with Crippen molar-refractivity contribution >= 4 is 28.8 Å². The van der Waals surface area contributed by atoms with Crippen LogP contribution in [0.1, 0.15) is 0 Å². The zero-order chi connectivity index (χ0) is 13.1. The standard InChI is InChI=1S/C10H8ClN5O2/c11-5-1-2-7-9(18-4-17-7)8(5)16-15-6(3-12)10(13)14/h1-2,16H,4H2,(H3,13,14)/b15-6+. The molecule has 0 unspecified atom stereocenters. The number of hydrogen-bond donors (Lipinski definition) is 3. The molecule has 0 fully saturated rings. The number of fused-ring (bicyclic) bond motifs is 1. The number of halogens is 1. The first kappa shape index (κ1) is 12.0. The highest BCUT2D eigenvalue weighted by atomic mass is 35.5. The summed E-state index contributed by atoms with van der Waals surface area (Å²) in [4.78, 5) is 0. The molecule has 0 bridgehead atoms. The quantitative estimate of drug-likeness (QED) is 0.433. The molecule has 8 heteroatoms. The lowest BCUT2D eigenvalue weighted by Gasteiger charge is -2.07. The second-order valence-corrected chi connectivity index (χ2v) is 3.66. The molecule has 0 saturated heterocycles. The lowest BCUT2D eigenvalue weighted by atomic mass is 10.3. The van der Waals surface area contributed by atoms with E-state index < -0.39 is 5.84 Å². The van der Waals surface area contributed by atoms with Crippen molar-refractivity contribution in [3.63, 3.8) is 0 Å². The highest BCUT2D eigenvalue weighted by Gasteiger charge is 2.20. The Morgan fingerprint density at radius 2 is 2.33 bits per heavy atom. The summed E-state index contributed by atoms with van der Waals surface area (Å²) in [6.45, 7) is 0.0892. The molecule has 7 nitrogen and oxygen atoms in total. The summed E-state index contributed by atoms with van der Waals surface area (Å²) in [7, 11) is 0. The molecule has 1 aromatic rings. The van der Waals surface area contributed by atoms with Crippen molar-refractivity contribution in [3.8, 4) is 17.6 Å². The number of nitrogens with one attached hydrogen (secondary N) is 2. The van der Waals surface area contributed by atoms with Crippen LogP contribution in [0.4, 0.5) is 5.69 Å². The molecule has 0 aliphatic carbocycles. The molecular formula is C10H8ClN5O2. The Balaban J connectivity index is 2.33. The Morgan fingerprint density at radius 1 is 1.56 bits per heavy atom. The van der Waals surface area contributed by atoms with Gasteiger partial charge in [0.2, 0.25) is 12.5 Å². The molecule has 0 saturated carbocycles. The molecule has 18 heavy (non-hydrogen) atoms. The van der Waals surface area contributed by atoms with Gasteiger partial charge in [-0.1, -0.05) is 11.6 Å². The Kier molecular flexibility index (Phi) is 3.21. The van der Waals surface area contributed by atoms with Crippen LogP contribution in [0, 0.1) is 16.7 Å². The maximum absolute atomic E-state index is 8.71. The fourth-order valence-electron chi connectivity index (χ4n) is 1.31. The van der Waals surface area contributed by atoms with Gasteiger partial charge in [0.15, 0.2) is 17.3 Å². The van der Waals surface area contributed by atoms with Crippen molar-refractivity contribution in [1.29, 1.82) is 10.7 Å². The third kappa shape index (κ3) is 2.14. The van der Waals surface area contributed by atoms with E-state index in [0.29, 0.717) is 22.2 Å². The first-order valence-corrected chi connectivity index (χ1v) is 5.17. The number of hydrazone groups is 1. The van der Waals surface area contributed by atoms with Gasteiger partial charge in [0.25, 0.3) is 0 Å². The van der Waals surface area contributed by atoms with Crippen LogP contribution in [0.15, 0.2) is 17.2 Å². The molecule has 1 heterocycles. The summed E-state index contributed by atoms with van der Waals surface area (Å²) in [5.41, 5.74) is 7.83. The van der Waals surface area contributed by atoms with Crippen LogP contribution in [0.2, 0.25) is 5.02 Å². The predicted molar refractivity (Wildman–Crippen MR) is 66.2 cm³/mol. The first-order valence-electron chi connectivity index (χ1n) is 4.79. The van der Waals surface area contributed by atoms with Crippen LogP contribution in [-0.4, -0.2) is 18.3 Å². The highest BCUT2D eigenvalue weighted by molar-refractivity contribution is 6.46. The number of rotatable bonds is 3. The smallest absolute Gasteiger partial charge is 0.231 e. The Hall–Kier alpha value is -2.46. The minimum absolute atomic E-state index is 0.0892. The van der Waals surface area contributed by atoms with Gasteiger partial charge < -0.3 is 15.2 Å². The topological polar surface area (TPSA) is 117 Å². The molecule has 0 atom stereocenters. The van der Waals surface area contributed by atoms with Crippen molar-refractivity contribution in [1.82, 2.24) is 0 Å². The highest BCUT2D eigenvalue weighted by Crippen LogP contribution is 2.43. The first-order chi connectivity index (χ1) is 8.63. The van der Waals surface area contributed by atoms with E-state index >= 15 is 0 Å². The fourth-order valence-corrected chi connectivity index (χ4v) is 1.50. The van der Waals surface area contributed by atoms with E-state index in [9.17, 15) is 0 Å². The molecule has 0 amide bonds. The van der Waals surface area contributed by atoms with Crippen molar-refractivity contribution in [2.75, 3.05) is 12.2 Å². The van der Waals surface area contributed by atoms with E-state index in [-0.39, 0.29) is 12.5 Å². The summed E-state index contributed by atoms with van der Waals surface area (Å²) in [6, 6.07) is 4.95. The van der Waals surface area contributed by atoms with Crippen LogP contribution in [0.25, 0.3) is 0 Å².